The maximum absolute atomic E-state index is 10.8. The molecule has 0 atom stereocenters. The molecule has 0 aliphatic rings. The summed E-state index contributed by atoms with van der Waals surface area (Å²) >= 11 is 1.27. The molecule has 1 amide bonds. The summed E-state index contributed by atoms with van der Waals surface area (Å²) in [5.41, 5.74) is 0. The Morgan fingerprint density at radius 3 is 2.92 bits per heavy atom. The minimum absolute atomic E-state index is 0.0618. The topological polar surface area (TPSA) is 66.9 Å². The molecule has 0 aliphatic heterocycles. The Balaban J connectivity index is 2.41. The van der Waals surface area contributed by atoms with Crippen molar-refractivity contribution in [2.75, 3.05) is 18.9 Å². The summed E-state index contributed by atoms with van der Waals surface area (Å²) in [4.78, 5) is 15.0. The maximum Gasteiger partial charge on any atom is 0.239 e. The number of aryl methyl sites for hydroxylation is 1. The predicted molar refractivity (Wildman–Crippen MR) is 51.8 cm³/mol. The summed E-state index contributed by atoms with van der Waals surface area (Å²) < 4.78 is 4.07. The number of amides is 1. The molecule has 0 spiro atoms. The van der Waals surface area contributed by atoms with Crippen LogP contribution < -0.4 is 10.6 Å². The van der Waals surface area contributed by atoms with Crippen molar-refractivity contribution >= 4 is 22.6 Å². The van der Waals surface area contributed by atoms with E-state index in [2.05, 4.69) is 20.0 Å². The molecular formula is C7H12N4OS. The fourth-order valence-electron chi connectivity index (χ4n) is 0.714. The lowest BCUT2D eigenvalue weighted by Gasteiger charge is -1.98. The molecule has 1 rings (SSSR count). The standard InChI is InChI=1S/C7H12N4OS/c1-3-5-10-7(13-11-5)9-4-6(12)8-2/h3-4H2,1-2H3,(H,8,12)(H,9,10,11). The molecule has 13 heavy (non-hydrogen) atoms. The number of carbonyl (C=O) groups excluding carboxylic acids is 1. The van der Waals surface area contributed by atoms with E-state index in [0.717, 1.165) is 12.2 Å². The van der Waals surface area contributed by atoms with Crippen molar-refractivity contribution in [3.05, 3.63) is 5.82 Å². The van der Waals surface area contributed by atoms with Crippen molar-refractivity contribution in [1.29, 1.82) is 0 Å². The predicted octanol–water partition coefficient (Wildman–Crippen LogP) is 0.258. The summed E-state index contributed by atoms with van der Waals surface area (Å²) in [6.07, 6.45) is 0.818. The van der Waals surface area contributed by atoms with Crippen molar-refractivity contribution in [2.45, 2.75) is 13.3 Å². The quantitative estimate of drug-likeness (QED) is 0.731. The molecule has 0 aromatic carbocycles. The first-order valence-corrected chi connectivity index (χ1v) is 4.80. The Bertz CT molecular complexity index is 286. The molecule has 0 saturated heterocycles. The highest BCUT2D eigenvalue weighted by Gasteiger charge is 2.02. The van der Waals surface area contributed by atoms with Crippen LogP contribution >= 0.6 is 11.5 Å². The molecule has 2 N–H and O–H groups in total. The SMILES string of the molecule is CCc1nsc(NCC(=O)NC)n1. The fraction of sp³-hybridized carbons (Fsp3) is 0.571. The number of nitrogens with one attached hydrogen (secondary N) is 2. The number of hydrogen-bond donors (Lipinski definition) is 2. The molecule has 0 aliphatic carbocycles. The molecule has 0 saturated carbocycles. The fourth-order valence-corrected chi connectivity index (χ4v) is 1.36. The van der Waals surface area contributed by atoms with E-state index >= 15 is 0 Å². The minimum atomic E-state index is -0.0618. The minimum Gasteiger partial charge on any atom is -0.358 e. The van der Waals surface area contributed by atoms with Gasteiger partial charge in [0, 0.05) is 25.0 Å². The van der Waals surface area contributed by atoms with Crippen molar-refractivity contribution < 1.29 is 4.79 Å². The second-order valence-electron chi connectivity index (χ2n) is 2.40. The van der Waals surface area contributed by atoms with Crippen LogP contribution in [-0.4, -0.2) is 28.9 Å². The van der Waals surface area contributed by atoms with Gasteiger partial charge in [-0.05, 0) is 0 Å². The third-order valence-electron chi connectivity index (χ3n) is 1.46. The summed E-state index contributed by atoms with van der Waals surface area (Å²) in [6.45, 7) is 2.24. The number of nitrogens with zero attached hydrogens (tertiary/aromatic N) is 2. The van der Waals surface area contributed by atoms with Gasteiger partial charge >= 0.3 is 0 Å². The lowest BCUT2D eigenvalue weighted by atomic mass is 10.5. The summed E-state index contributed by atoms with van der Waals surface area (Å²) in [5.74, 6) is 0.748. The van der Waals surface area contributed by atoms with Crippen LogP contribution in [0.15, 0.2) is 0 Å². The molecule has 72 valence electrons. The van der Waals surface area contributed by atoms with E-state index in [1.54, 1.807) is 7.05 Å². The van der Waals surface area contributed by atoms with E-state index in [0.29, 0.717) is 5.13 Å². The Hall–Kier alpha value is -1.17. The van der Waals surface area contributed by atoms with E-state index in [4.69, 9.17) is 0 Å². The van der Waals surface area contributed by atoms with Gasteiger partial charge < -0.3 is 10.6 Å². The highest BCUT2D eigenvalue weighted by Crippen LogP contribution is 2.10. The van der Waals surface area contributed by atoms with Crippen LogP contribution in [0.1, 0.15) is 12.7 Å². The van der Waals surface area contributed by atoms with Crippen molar-refractivity contribution in [3.63, 3.8) is 0 Å². The summed E-state index contributed by atoms with van der Waals surface area (Å²) in [5, 5.41) is 6.09. The zero-order chi connectivity index (χ0) is 9.68. The summed E-state index contributed by atoms with van der Waals surface area (Å²) in [7, 11) is 1.60. The smallest absolute Gasteiger partial charge is 0.239 e. The Labute approximate surface area is 80.7 Å². The normalized spacial score (nSPS) is 9.69. The van der Waals surface area contributed by atoms with Crippen LogP contribution in [0.4, 0.5) is 5.13 Å². The lowest BCUT2D eigenvalue weighted by Crippen LogP contribution is -2.26. The van der Waals surface area contributed by atoms with Gasteiger partial charge in [0.1, 0.15) is 5.82 Å². The maximum atomic E-state index is 10.8. The van der Waals surface area contributed by atoms with Crippen molar-refractivity contribution in [2.24, 2.45) is 0 Å². The van der Waals surface area contributed by atoms with Crippen LogP contribution in [0, 0.1) is 0 Å². The summed E-state index contributed by atoms with van der Waals surface area (Å²) in [6, 6.07) is 0. The number of anilines is 1. The van der Waals surface area contributed by atoms with Gasteiger partial charge in [0.2, 0.25) is 11.0 Å². The molecular weight excluding hydrogens is 188 g/mol. The molecule has 0 bridgehead atoms. The zero-order valence-corrected chi connectivity index (χ0v) is 8.44. The van der Waals surface area contributed by atoms with Gasteiger partial charge in [-0.15, -0.1) is 0 Å². The van der Waals surface area contributed by atoms with Crippen LogP contribution in [0.5, 0.6) is 0 Å². The van der Waals surface area contributed by atoms with Gasteiger partial charge in [0.05, 0.1) is 6.54 Å². The third kappa shape index (κ3) is 2.98. The average molecular weight is 200 g/mol. The van der Waals surface area contributed by atoms with Crippen molar-refractivity contribution in [3.8, 4) is 0 Å². The molecule has 0 unspecified atom stereocenters. The van der Waals surface area contributed by atoms with E-state index in [1.807, 2.05) is 6.92 Å². The molecule has 6 heteroatoms. The van der Waals surface area contributed by atoms with E-state index in [1.165, 1.54) is 11.5 Å². The van der Waals surface area contributed by atoms with E-state index in [9.17, 15) is 4.79 Å². The van der Waals surface area contributed by atoms with Gasteiger partial charge in [-0.25, -0.2) is 4.98 Å². The molecule has 0 fully saturated rings. The molecule has 5 nitrogen and oxygen atoms in total. The number of likely N-dealkylation sites (N-methyl/N-ethyl adjacent to an activating group) is 1. The largest absolute Gasteiger partial charge is 0.358 e. The number of hydrogen-bond acceptors (Lipinski definition) is 5. The molecule has 1 heterocycles. The van der Waals surface area contributed by atoms with Gasteiger partial charge in [0.25, 0.3) is 0 Å². The number of rotatable bonds is 4. The molecule has 1 aromatic rings. The highest BCUT2D eigenvalue weighted by molar-refractivity contribution is 7.09. The van der Waals surface area contributed by atoms with Crippen LogP contribution in [0.3, 0.4) is 0 Å². The lowest BCUT2D eigenvalue weighted by molar-refractivity contribution is -0.118. The molecule has 0 radical (unpaired) electrons. The van der Waals surface area contributed by atoms with E-state index < -0.39 is 0 Å². The van der Waals surface area contributed by atoms with Crippen LogP contribution in [-0.2, 0) is 11.2 Å². The zero-order valence-electron chi connectivity index (χ0n) is 7.63. The Morgan fingerprint density at radius 1 is 1.62 bits per heavy atom. The highest BCUT2D eigenvalue weighted by atomic mass is 32.1. The first kappa shape index (κ1) is 9.91. The second-order valence-corrected chi connectivity index (χ2v) is 3.15. The number of aromatic nitrogens is 2. The Morgan fingerprint density at radius 2 is 2.38 bits per heavy atom. The van der Waals surface area contributed by atoms with E-state index in [-0.39, 0.29) is 12.5 Å². The van der Waals surface area contributed by atoms with Crippen molar-refractivity contribution in [1.82, 2.24) is 14.7 Å². The van der Waals surface area contributed by atoms with Crippen LogP contribution in [0.2, 0.25) is 0 Å². The van der Waals surface area contributed by atoms with Gasteiger partial charge in [-0.2, -0.15) is 4.37 Å². The van der Waals surface area contributed by atoms with Gasteiger partial charge in [-0.3, -0.25) is 4.79 Å². The first-order valence-electron chi connectivity index (χ1n) is 4.03. The van der Waals surface area contributed by atoms with Gasteiger partial charge in [0.15, 0.2) is 0 Å². The van der Waals surface area contributed by atoms with Crippen LogP contribution in [0.25, 0.3) is 0 Å². The number of carbonyl (C=O) groups is 1. The second kappa shape index (κ2) is 4.76. The van der Waals surface area contributed by atoms with Gasteiger partial charge in [-0.1, -0.05) is 6.92 Å². The molecule has 1 aromatic heterocycles. The third-order valence-corrected chi connectivity index (χ3v) is 2.17. The Kier molecular flexibility index (Phi) is 3.63. The monoisotopic (exact) mass is 200 g/mol. The first-order chi connectivity index (χ1) is 6.26. The average Bonchev–Trinajstić information content (AvgIpc) is 2.61.